The van der Waals surface area contributed by atoms with Crippen LogP contribution >= 0.6 is 23.2 Å². The number of non-ortho nitro benzene ring substituents is 2. The predicted octanol–water partition coefficient (Wildman–Crippen LogP) is 6.10. The zero-order valence-electron chi connectivity index (χ0n) is 17.6. The number of benzene rings is 3. The van der Waals surface area contributed by atoms with E-state index in [-0.39, 0.29) is 24.0 Å². The zero-order chi connectivity index (χ0) is 24.8. The standard InChI is InChI=1S/C22H16Cl2N4O6/c1-2-26(25-13-15-3-6-16(23)9-21(15)24)22(29)14-4-7-19(8-5-14)34-20-11-17(27(30)31)10-18(12-20)28(32)33/h3-13H,2H2,1H3/b25-13+. The molecule has 0 saturated carbocycles. The summed E-state index contributed by atoms with van der Waals surface area (Å²) in [6.45, 7) is 2.04. The third-order valence-electron chi connectivity index (χ3n) is 4.47. The van der Waals surface area contributed by atoms with Gasteiger partial charge in [-0.3, -0.25) is 25.0 Å². The molecule has 1 amide bonds. The highest BCUT2D eigenvalue weighted by Gasteiger charge is 2.18. The molecule has 0 atom stereocenters. The highest BCUT2D eigenvalue weighted by Crippen LogP contribution is 2.31. The lowest BCUT2D eigenvalue weighted by molar-refractivity contribution is -0.394. The van der Waals surface area contributed by atoms with E-state index in [1.54, 1.807) is 25.1 Å². The average Bonchev–Trinajstić information content (AvgIpc) is 2.80. The highest BCUT2D eigenvalue weighted by atomic mass is 35.5. The van der Waals surface area contributed by atoms with Crippen molar-refractivity contribution in [3.63, 3.8) is 0 Å². The number of hydrogen-bond donors (Lipinski definition) is 0. The first-order valence-corrected chi connectivity index (χ1v) is 10.5. The smallest absolute Gasteiger partial charge is 0.280 e. The summed E-state index contributed by atoms with van der Waals surface area (Å²) in [5, 5.41) is 28.4. The number of carbonyl (C=O) groups excluding carboxylic acids is 1. The maximum absolute atomic E-state index is 12.8. The van der Waals surface area contributed by atoms with Crippen LogP contribution in [0, 0.1) is 20.2 Å². The normalized spacial score (nSPS) is 10.8. The van der Waals surface area contributed by atoms with E-state index in [0.29, 0.717) is 21.2 Å². The maximum atomic E-state index is 12.8. The van der Waals surface area contributed by atoms with Gasteiger partial charge in [0.15, 0.2) is 0 Å². The van der Waals surface area contributed by atoms with Gasteiger partial charge in [0, 0.05) is 22.7 Å². The monoisotopic (exact) mass is 502 g/mol. The quantitative estimate of drug-likeness (QED) is 0.208. The number of hydrogen-bond acceptors (Lipinski definition) is 7. The molecule has 0 radical (unpaired) electrons. The third kappa shape index (κ3) is 6.06. The van der Waals surface area contributed by atoms with E-state index in [2.05, 4.69) is 5.10 Å². The molecule has 3 aromatic rings. The van der Waals surface area contributed by atoms with Gasteiger partial charge in [-0.1, -0.05) is 29.3 Å². The van der Waals surface area contributed by atoms with Crippen LogP contribution in [0.1, 0.15) is 22.8 Å². The van der Waals surface area contributed by atoms with Gasteiger partial charge in [0.2, 0.25) is 0 Å². The van der Waals surface area contributed by atoms with Crippen LogP contribution in [0.15, 0.2) is 65.8 Å². The molecule has 0 bridgehead atoms. The molecule has 0 N–H and O–H groups in total. The van der Waals surface area contributed by atoms with Crippen molar-refractivity contribution in [2.24, 2.45) is 5.10 Å². The van der Waals surface area contributed by atoms with Gasteiger partial charge in [-0.2, -0.15) is 5.10 Å². The highest BCUT2D eigenvalue weighted by molar-refractivity contribution is 6.36. The Kier molecular flexibility index (Phi) is 7.77. The van der Waals surface area contributed by atoms with Crippen molar-refractivity contribution in [3.8, 4) is 11.5 Å². The van der Waals surface area contributed by atoms with Gasteiger partial charge < -0.3 is 4.74 Å². The Balaban J connectivity index is 1.76. The van der Waals surface area contributed by atoms with Crippen molar-refractivity contribution in [1.82, 2.24) is 5.01 Å². The molecule has 3 rings (SSSR count). The molecular formula is C22H16Cl2N4O6. The van der Waals surface area contributed by atoms with Crippen LogP contribution in [0.3, 0.4) is 0 Å². The van der Waals surface area contributed by atoms with Crippen LogP contribution in [0.5, 0.6) is 11.5 Å². The third-order valence-corrected chi connectivity index (χ3v) is 5.03. The van der Waals surface area contributed by atoms with Crippen molar-refractivity contribution in [2.45, 2.75) is 6.92 Å². The van der Waals surface area contributed by atoms with Crippen LogP contribution in [-0.2, 0) is 0 Å². The Hall–Kier alpha value is -4.02. The summed E-state index contributed by atoms with van der Waals surface area (Å²) in [5.74, 6) is -0.244. The molecular weight excluding hydrogens is 487 g/mol. The van der Waals surface area contributed by atoms with Crippen LogP contribution in [0.25, 0.3) is 0 Å². The fraction of sp³-hybridized carbons (Fsp3) is 0.0909. The first-order valence-electron chi connectivity index (χ1n) is 9.70. The summed E-state index contributed by atoms with van der Waals surface area (Å²) in [5.41, 5.74) is -0.0628. The molecule has 0 fully saturated rings. The molecule has 0 aliphatic heterocycles. The Morgan fingerprint density at radius 1 is 0.971 bits per heavy atom. The van der Waals surface area contributed by atoms with E-state index in [4.69, 9.17) is 27.9 Å². The molecule has 0 aliphatic rings. The lowest BCUT2D eigenvalue weighted by Crippen LogP contribution is -2.25. The molecule has 3 aromatic carbocycles. The lowest BCUT2D eigenvalue weighted by atomic mass is 10.2. The fourth-order valence-electron chi connectivity index (χ4n) is 2.80. The van der Waals surface area contributed by atoms with Gasteiger partial charge in [0.25, 0.3) is 17.3 Å². The van der Waals surface area contributed by atoms with E-state index < -0.39 is 21.2 Å². The van der Waals surface area contributed by atoms with Crippen LogP contribution in [0.4, 0.5) is 11.4 Å². The number of ether oxygens (including phenoxy) is 1. The molecule has 0 heterocycles. The second-order valence-corrected chi connectivity index (χ2v) is 7.60. The lowest BCUT2D eigenvalue weighted by Gasteiger charge is -2.15. The number of nitrogens with zero attached hydrogens (tertiary/aromatic N) is 4. The molecule has 12 heteroatoms. The first kappa shape index (κ1) is 24.6. The van der Waals surface area contributed by atoms with E-state index in [9.17, 15) is 25.0 Å². The molecule has 0 aromatic heterocycles. The maximum Gasteiger partial charge on any atom is 0.280 e. The van der Waals surface area contributed by atoms with Crippen LogP contribution < -0.4 is 4.74 Å². The zero-order valence-corrected chi connectivity index (χ0v) is 19.1. The van der Waals surface area contributed by atoms with Crippen molar-refractivity contribution in [2.75, 3.05) is 6.54 Å². The molecule has 0 aliphatic carbocycles. The second kappa shape index (κ2) is 10.7. The summed E-state index contributed by atoms with van der Waals surface area (Å²) in [4.78, 5) is 33.4. The van der Waals surface area contributed by atoms with Gasteiger partial charge in [0.1, 0.15) is 11.5 Å². The largest absolute Gasteiger partial charge is 0.457 e. The molecule has 10 nitrogen and oxygen atoms in total. The average molecular weight is 503 g/mol. The summed E-state index contributed by atoms with van der Waals surface area (Å²) in [6.07, 6.45) is 1.45. The molecule has 174 valence electrons. The Bertz CT molecular complexity index is 1250. The number of halogens is 2. The summed E-state index contributed by atoms with van der Waals surface area (Å²) in [6, 6.07) is 13.8. The van der Waals surface area contributed by atoms with Gasteiger partial charge >= 0.3 is 0 Å². The second-order valence-electron chi connectivity index (χ2n) is 6.76. The molecule has 0 spiro atoms. The minimum absolute atomic E-state index is 0.0837. The topological polar surface area (TPSA) is 128 Å². The number of amides is 1. The number of carbonyl (C=O) groups is 1. The van der Waals surface area contributed by atoms with Crippen molar-refractivity contribution in [3.05, 3.63) is 102 Å². The summed E-state index contributed by atoms with van der Waals surface area (Å²) < 4.78 is 5.52. The van der Waals surface area contributed by atoms with Gasteiger partial charge in [0.05, 0.1) is 39.3 Å². The molecule has 0 saturated heterocycles. The predicted molar refractivity (Wildman–Crippen MR) is 127 cm³/mol. The van der Waals surface area contributed by atoms with E-state index in [0.717, 1.165) is 18.2 Å². The Labute approximate surface area is 203 Å². The van der Waals surface area contributed by atoms with E-state index >= 15 is 0 Å². The number of nitro benzene ring substituents is 2. The number of hydrazone groups is 1. The minimum atomic E-state index is -0.751. The SMILES string of the molecule is CCN(/N=C/c1ccc(Cl)cc1Cl)C(=O)c1ccc(Oc2cc([N+](=O)[O-])cc([N+](=O)[O-])c2)cc1. The molecule has 34 heavy (non-hydrogen) atoms. The number of nitro groups is 2. The summed E-state index contributed by atoms with van der Waals surface area (Å²) in [7, 11) is 0. The van der Waals surface area contributed by atoms with Crippen molar-refractivity contribution >= 4 is 46.7 Å². The van der Waals surface area contributed by atoms with Crippen LogP contribution in [0.2, 0.25) is 10.0 Å². The summed E-state index contributed by atoms with van der Waals surface area (Å²) >= 11 is 12.0. The minimum Gasteiger partial charge on any atom is -0.457 e. The van der Waals surface area contributed by atoms with Gasteiger partial charge in [-0.05, 0) is 43.3 Å². The van der Waals surface area contributed by atoms with Gasteiger partial charge in [-0.15, -0.1) is 0 Å². The van der Waals surface area contributed by atoms with Crippen LogP contribution in [-0.4, -0.2) is 33.5 Å². The van der Waals surface area contributed by atoms with Crippen molar-refractivity contribution in [1.29, 1.82) is 0 Å². The van der Waals surface area contributed by atoms with E-state index in [1.165, 1.54) is 35.5 Å². The van der Waals surface area contributed by atoms with E-state index in [1.807, 2.05) is 0 Å². The Morgan fingerprint density at radius 3 is 2.12 bits per heavy atom. The first-order chi connectivity index (χ1) is 16.2. The van der Waals surface area contributed by atoms with Crippen molar-refractivity contribution < 1.29 is 19.4 Å². The Morgan fingerprint density at radius 2 is 1.59 bits per heavy atom. The number of rotatable bonds is 8. The van der Waals surface area contributed by atoms with Gasteiger partial charge in [-0.25, -0.2) is 5.01 Å². The molecule has 0 unspecified atom stereocenters. The fourth-order valence-corrected chi connectivity index (χ4v) is 3.26.